The second kappa shape index (κ2) is 8.65. The lowest BCUT2D eigenvalue weighted by Crippen LogP contribution is -2.12. The molecule has 4 heteroatoms. The van der Waals surface area contributed by atoms with Gasteiger partial charge in [0.15, 0.2) is 0 Å². The summed E-state index contributed by atoms with van der Waals surface area (Å²) in [6.45, 7) is 17.2. The quantitative estimate of drug-likeness (QED) is 0.770. The Kier molecular flexibility index (Phi) is 7.20. The maximum Gasteiger partial charge on any atom is 0.211 e. The second-order valence-electron chi connectivity index (χ2n) is 5.53. The normalized spacial score (nSPS) is 23.2. The van der Waals surface area contributed by atoms with Gasteiger partial charge in [-0.2, -0.15) is 0 Å². The van der Waals surface area contributed by atoms with Gasteiger partial charge in [-0.1, -0.05) is 33.4 Å². The Balaban J connectivity index is 0.000000211. The van der Waals surface area contributed by atoms with E-state index in [2.05, 4.69) is 37.0 Å². The molecule has 2 rings (SSSR count). The van der Waals surface area contributed by atoms with Crippen LogP contribution < -0.4 is 0 Å². The third-order valence-corrected chi connectivity index (χ3v) is 3.23. The molecule has 0 aromatic heterocycles. The van der Waals surface area contributed by atoms with Gasteiger partial charge in [-0.05, 0) is 26.7 Å². The van der Waals surface area contributed by atoms with Crippen molar-refractivity contribution in [3.8, 4) is 0 Å². The monoisotopic (exact) mass is 292 g/mol. The molecule has 0 aromatic carbocycles. The Hall–Kier alpha value is -1.58. The van der Waals surface area contributed by atoms with Crippen molar-refractivity contribution in [2.45, 2.75) is 59.2 Å². The summed E-state index contributed by atoms with van der Waals surface area (Å²) in [5, 5.41) is 0. The van der Waals surface area contributed by atoms with Gasteiger partial charge in [0.25, 0.3) is 0 Å². The predicted octanol–water partition coefficient (Wildman–Crippen LogP) is 3.93. The lowest BCUT2D eigenvalue weighted by molar-refractivity contribution is 0.212. The minimum atomic E-state index is 0.298. The molecule has 0 bridgehead atoms. The highest BCUT2D eigenvalue weighted by molar-refractivity contribution is 5.93. The van der Waals surface area contributed by atoms with E-state index in [4.69, 9.17) is 9.47 Å². The van der Waals surface area contributed by atoms with Gasteiger partial charge in [-0.25, -0.2) is 9.98 Å². The number of ether oxygens (including phenoxy) is 2. The number of hydrogen-bond donors (Lipinski definition) is 0. The molecule has 0 radical (unpaired) electrons. The molecule has 0 spiro atoms. The molecular weight excluding hydrogens is 264 g/mol. The maximum atomic E-state index is 5.51. The highest BCUT2D eigenvalue weighted by atomic mass is 16.5. The molecule has 0 fully saturated rings. The molecule has 2 aliphatic rings. The van der Waals surface area contributed by atoms with Crippen molar-refractivity contribution >= 4 is 11.8 Å². The van der Waals surface area contributed by atoms with E-state index in [9.17, 15) is 0 Å². The van der Waals surface area contributed by atoms with E-state index in [1.165, 1.54) is 0 Å². The van der Waals surface area contributed by atoms with Gasteiger partial charge in [0.1, 0.15) is 12.2 Å². The van der Waals surface area contributed by atoms with Crippen molar-refractivity contribution in [2.24, 2.45) is 9.98 Å². The van der Waals surface area contributed by atoms with Crippen molar-refractivity contribution in [1.29, 1.82) is 0 Å². The molecule has 21 heavy (non-hydrogen) atoms. The third-order valence-electron chi connectivity index (χ3n) is 3.23. The SMILES string of the molecule is C=C(C)C1=NCC(CC)O1.C=C(C)C1=NCC(CCC)O1. The standard InChI is InChI=1S/C9H15NO.C8H13NO/c1-4-5-8-6-10-9(11-8)7(2)3;1-4-7-5-9-8(10-7)6(2)3/h8H,2,4-6H2,1,3H3;7H,2,4-5H2,1,3H3. The van der Waals surface area contributed by atoms with Crippen LogP contribution in [0.3, 0.4) is 0 Å². The molecule has 2 atom stereocenters. The van der Waals surface area contributed by atoms with Crippen LogP contribution in [0, 0.1) is 0 Å². The Bertz CT molecular complexity index is 438. The Morgan fingerprint density at radius 1 is 1.00 bits per heavy atom. The summed E-state index contributed by atoms with van der Waals surface area (Å²) in [7, 11) is 0. The molecule has 0 saturated heterocycles. The van der Waals surface area contributed by atoms with Crippen LogP contribution in [0.1, 0.15) is 47.0 Å². The molecule has 0 amide bonds. The van der Waals surface area contributed by atoms with Crippen LogP contribution in [-0.2, 0) is 9.47 Å². The van der Waals surface area contributed by atoms with Crippen molar-refractivity contribution < 1.29 is 9.47 Å². The first-order valence-corrected chi connectivity index (χ1v) is 7.71. The van der Waals surface area contributed by atoms with E-state index in [0.717, 1.165) is 55.3 Å². The lowest BCUT2D eigenvalue weighted by atomic mass is 10.2. The van der Waals surface area contributed by atoms with E-state index in [1.807, 2.05) is 13.8 Å². The largest absolute Gasteiger partial charge is 0.472 e. The Morgan fingerprint density at radius 2 is 1.48 bits per heavy atom. The zero-order valence-electron chi connectivity index (χ0n) is 13.8. The highest BCUT2D eigenvalue weighted by Gasteiger charge is 2.18. The molecule has 0 aliphatic carbocycles. The Labute approximate surface area is 128 Å². The number of rotatable bonds is 5. The second-order valence-corrected chi connectivity index (χ2v) is 5.53. The van der Waals surface area contributed by atoms with Gasteiger partial charge in [-0.15, -0.1) is 0 Å². The van der Waals surface area contributed by atoms with Crippen LogP contribution in [0.2, 0.25) is 0 Å². The van der Waals surface area contributed by atoms with Crippen LogP contribution in [-0.4, -0.2) is 37.1 Å². The van der Waals surface area contributed by atoms with Gasteiger partial charge in [0.05, 0.1) is 13.1 Å². The average molecular weight is 292 g/mol. The van der Waals surface area contributed by atoms with Crippen LogP contribution >= 0.6 is 0 Å². The van der Waals surface area contributed by atoms with E-state index in [1.54, 1.807) is 0 Å². The molecule has 0 N–H and O–H groups in total. The van der Waals surface area contributed by atoms with Crippen LogP contribution in [0.25, 0.3) is 0 Å². The summed E-state index contributed by atoms with van der Waals surface area (Å²) in [6.07, 6.45) is 3.89. The van der Waals surface area contributed by atoms with Gasteiger partial charge >= 0.3 is 0 Å². The third kappa shape index (κ3) is 5.74. The van der Waals surface area contributed by atoms with E-state index in [-0.39, 0.29) is 0 Å². The molecule has 0 aromatic rings. The fraction of sp³-hybridized carbons (Fsp3) is 0.647. The average Bonchev–Trinajstić information content (AvgIpc) is 3.08. The fourth-order valence-electron chi connectivity index (χ4n) is 1.99. The molecule has 2 heterocycles. The van der Waals surface area contributed by atoms with Gasteiger partial charge in [-0.3, -0.25) is 0 Å². The van der Waals surface area contributed by atoms with Gasteiger partial charge in [0.2, 0.25) is 11.8 Å². The van der Waals surface area contributed by atoms with Crippen molar-refractivity contribution in [1.82, 2.24) is 0 Å². The smallest absolute Gasteiger partial charge is 0.211 e. The minimum absolute atomic E-state index is 0.298. The van der Waals surface area contributed by atoms with Gasteiger partial charge < -0.3 is 9.47 Å². The lowest BCUT2D eigenvalue weighted by Gasteiger charge is -2.08. The van der Waals surface area contributed by atoms with Crippen LogP contribution in [0.5, 0.6) is 0 Å². The molecule has 4 nitrogen and oxygen atoms in total. The summed E-state index contributed by atoms with van der Waals surface area (Å²) in [5.41, 5.74) is 1.86. The van der Waals surface area contributed by atoms with E-state index < -0.39 is 0 Å². The van der Waals surface area contributed by atoms with Crippen molar-refractivity contribution in [2.75, 3.05) is 13.1 Å². The van der Waals surface area contributed by atoms with Gasteiger partial charge in [0, 0.05) is 11.1 Å². The summed E-state index contributed by atoms with van der Waals surface area (Å²) in [6, 6.07) is 0. The molecule has 118 valence electrons. The Morgan fingerprint density at radius 3 is 1.81 bits per heavy atom. The number of aliphatic imine (C=N–C) groups is 2. The maximum absolute atomic E-state index is 5.51. The number of nitrogens with zero attached hydrogens (tertiary/aromatic N) is 2. The predicted molar refractivity (Wildman–Crippen MR) is 89.2 cm³/mol. The first-order chi connectivity index (χ1) is 9.97. The van der Waals surface area contributed by atoms with Crippen LogP contribution in [0.15, 0.2) is 34.3 Å². The summed E-state index contributed by atoms with van der Waals surface area (Å²) >= 11 is 0. The zero-order valence-corrected chi connectivity index (χ0v) is 13.8. The topological polar surface area (TPSA) is 43.2 Å². The molecule has 2 aliphatic heterocycles. The molecule has 2 unspecified atom stereocenters. The highest BCUT2D eigenvalue weighted by Crippen LogP contribution is 2.13. The van der Waals surface area contributed by atoms with Crippen molar-refractivity contribution in [3.63, 3.8) is 0 Å². The summed E-state index contributed by atoms with van der Waals surface area (Å²) in [4.78, 5) is 8.41. The zero-order chi connectivity index (χ0) is 15.8. The van der Waals surface area contributed by atoms with Crippen LogP contribution in [0.4, 0.5) is 0 Å². The van der Waals surface area contributed by atoms with Crippen molar-refractivity contribution in [3.05, 3.63) is 24.3 Å². The first kappa shape index (κ1) is 17.5. The first-order valence-electron chi connectivity index (χ1n) is 7.71. The van der Waals surface area contributed by atoms with E-state index >= 15 is 0 Å². The summed E-state index contributed by atoms with van der Waals surface area (Å²) < 4.78 is 10.9. The molecular formula is C17H28N2O2. The fourth-order valence-corrected chi connectivity index (χ4v) is 1.99. The minimum Gasteiger partial charge on any atom is -0.472 e. The number of hydrogen-bond acceptors (Lipinski definition) is 4. The van der Waals surface area contributed by atoms with E-state index in [0.29, 0.717) is 12.2 Å². The summed E-state index contributed by atoms with van der Waals surface area (Å²) in [5.74, 6) is 1.50. The molecule has 0 saturated carbocycles.